The van der Waals surface area contributed by atoms with Gasteiger partial charge in [0.25, 0.3) is 0 Å². The van der Waals surface area contributed by atoms with Gasteiger partial charge in [0.15, 0.2) is 0 Å². The van der Waals surface area contributed by atoms with Gasteiger partial charge >= 0.3 is 6.03 Å². The van der Waals surface area contributed by atoms with Crippen LogP contribution in [0.25, 0.3) is 0 Å². The van der Waals surface area contributed by atoms with Crippen molar-refractivity contribution in [3.63, 3.8) is 0 Å². The third-order valence-electron chi connectivity index (χ3n) is 6.79. The van der Waals surface area contributed by atoms with E-state index in [2.05, 4.69) is 39.8 Å². The van der Waals surface area contributed by atoms with Crippen molar-refractivity contribution >= 4 is 27.4 Å². The first kappa shape index (κ1) is 24.5. The molecule has 1 aliphatic carbocycles. The summed E-state index contributed by atoms with van der Waals surface area (Å²) >= 11 is 0. The second kappa shape index (κ2) is 10.8. The summed E-state index contributed by atoms with van der Waals surface area (Å²) in [4.78, 5) is 14.9. The molecular weight excluding hydrogens is 472 g/mol. The van der Waals surface area contributed by atoms with E-state index in [1.807, 2.05) is 24.3 Å². The number of hydrogen-bond donors (Lipinski definition) is 2. The number of sulfonamides is 1. The predicted molar refractivity (Wildman–Crippen MR) is 142 cm³/mol. The number of nitrogens with zero attached hydrogens (tertiary/aromatic N) is 2. The SMILES string of the molecule is O=C(Nc1ccccc1)Nc1ccc(S(=O)(=O)N(C2CC2)C2CCN(Cc3ccccc3)CC2)cc1. The molecule has 0 atom stereocenters. The average molecular weight is 505 g/mol. The van der Waals surface area contributed by atoms with Crippen LogP contribution in [0.15, 0.2) is 89.8 Å². The summed E-state index contributed by atoms with van der Waals surface area (Å²) in [6.07, 6.45) is 3.51. The van der Waals surface area contributed by atoms with Crippen molar-refractivity contribution in [1.82, 2.24) is 9.21 Å². The summed E-state index contributed by atoms with van der Waals surface area (Å²) in [5.41, 5.74) is 2.51. The van der Waals surface area contributed by atoms with Crippen LogP contribution in [-0.4, -0.2) is 48.8 Å². The van der Waals surface area contributed by atoms with E-state index in [-0.39, 0.29) is 23.0 Å². The lowest BCUT2D eigenvalue weighted by molar-refractivity contribution is 0.150. The van der Waals surface area contributed by atoms with E-state index in [4.69, 9.17) is 0 Å². The molecule has 1 aliphatic heterocycles. The molecule has 8 heteroatoms. The fraction of sp³-hybridized carbons (Fsp3) is 0.321. The number of benzene rings is 3. The molecule has 3 aromatic carbocycles. The largest absolute Gasteiger partial charge is 0.323 e. The van der Waals surface area contributed by atoms with E-state index in [0.717, 1.165) is 45.3 Å². The minimum atomic E-state index is -3.62. The molecule has 0 bridgehead atoms. The highest BCUT2D eigenvalue weighted by Crippen LogP contribution is 2.37. The van der Waals surface area contributed by atoms with Crippen molar-refractivity contribution in [2.45, 2.75) is 49.2 Å². The summed E-state index contributed by atoms with van der Waals surface area (Å²) in [5.74, 6) is 0. The van der Waals surface area contributed by atoms with Crippen molar-refractivity contribution in [2.24, 2.45) is 0 Å². The predicted octanol–water partition coefficient (Wildman–Crippen LogP) is 5.15. The molecule has 0 spiro atoms. The zero-order chi connectivity index (χ0) is 25.0. The highest BCUT2D eigenvalue weighted by molar-refractivity contribution is 7.89. The van der Waals surface area contributed by atoms with E-state index >= 15 is 0 Å². The van der Waals surface area contributed by atoms with E-state index in [0.29, 0.717) is 11.4 Å². The van der Waals surface area contributed by atoms with Gasteiger partial charge in [-0.25, -0.2) is 13.2 Å². The van der Waals surface area contributed by atoms with Crippen LogP contribution in [0, 0.1) is 0 Å². The Kier molecular flexibility index (Phi) is 7.36. The lowest BCUT2D eigenvalue weighted by Gasteiger charge is -2.38. The number of para-hydroxylation sites is 1. The fourth-order valence-electron chi connectivity index (χ4n) is 4.84. The van der Waals surface area contributed by atoms with Crippen LogP contribution in [0.3, 0.4) is 0 Å². The lowest BCUT2D eigenvalue weighted by atomic mass is 10.0. The summed E-state index contributed by atoms with van der Waals surface area (Å²) in [6.45, 7) is 2.67. The third-order valence-corrected chi connectivity index (χ3v) is 8.81. The Morgan fingerprint density at radius 2 is 1.28 bits per heavy atom. The molecule has 1 saturated carbocycles. The second-order valence-electron chi connectivity index (χ2n) is 9.53. The maximum absolute atomic E-state index is 13.7. The van der Waals surface area contributed by atoms with Crippen molar-refractivity contribution in [3.05, 3.63) is 90.5 Å². The van der Waals surface area contributed by atoms with E-state index < -0.39 is 10.0 Å². The molecule has 2 amide bonds. The standard InChI is InChI=1S/C28H32N4O3S/c33-28(29-23-9-5-2-6-10-23)30-24-11-15-27(16-12-24)36(34,35)32(25-13-14-25)26-17-19-31(20-18-26)21-22-7-3-1-4-8-22/h1-12,15-16,25-26H,13-14,17-21H2,(H2,29,30,33). The third kappa shape index (κ3) is 5.95. The maximum atomic E-state index is 13.7. The summed E-state index contributed by atoms with van der Waals surface area (Å²) < 4.78 is 29.1. The lowest BCUT2D eigenvalue weighted by Crippen LogP contribution is -2.48. The van der Waals surface area contributed by atoms with Gasteiger partial charge < -0.3 is 10.6 Å². The number of amides is 2. The molecule has 0 aromatic heterocycles. The van der Waals surface area contributed by atoms with Gasteiger partial charge in [-0.2, -0.15) is 4.31 Å². The second-order valence-corrected chi connectivity index (χ2v) is 11.4. The van der Waals surface area contributed by atoms with Crippen LogP contribution in [0.5, 0.6) is 0 Å². The number of hydrogen-bond acceptors (Lipinski definition) is 4. The summed E-state index contributed by atoms with van der Waals surface area (Å²) in [6, 6.07) is 25.8. The topological polar surface area (TPSA) is 81.8 Å². The molecule has 2 aliphatic rings. The highest BCUT2D eigenvalue weighted by Gasteiger charge is 2.43. The molecule has 36 heavy (non-hydrogen) atoms. The Balaban J connectivity index is 1.22. The first-order chi connectivity index (χ1) is 17.5. The van der Waals surface area contributed by atoms with Gasteiger partial charge in [-0.05, 0) is 67.6 Å². The van der Waals surface area contributed by atoms with E-state index in [1.165, 1.54) is 5.56 Å². The van der Waals surface area contributed by atoms with Crippen LogP contribution in [0.4, 0.5) is 16.2 Å². The quantitative estimate of drug-likeness (QED) is 0.445. The van der Waals surface area contributed by atoms with E-state index in [1.54, 1.807) is 40.7 Å². The number of rotatable bonds is 8. The summed E-state index contributed by atoms with van der Waals surface area (Å²) in [7, 11) is -3.62. The van der Waals surface area contributed by atoms with Crippen LogP contribution in [0.2, 0.25) is 0 Å². The molecule has 2 fully saturated rings. The van der Waals surface area contributed by atoms with Crippen LogP contribution >= 0.6 is 0 Å². The number of likely N-dealkylation sites (tertiary alicyclic amines) is 1. The van der Waals surface area contributed by atoms with E-state index in [9.17, 15) is 13.2 Å². The van der Waals surface area contributed by atoms with Crippen LogP contribution in [-0.2, 0) is 16.6 Å². The Morgan fingerprint density at radius 1 is 0.750 bits per heavy atom. The first-order valence-corrected chi connectivity index (χ1v) is 14.0. The molecule has 2 N–H and O–H groups in total. The molecule has 0 radical (unpaired) electrons. The molecule has 7 nitrogen and oxygen atoms in total. The van der Waals surface area contributed by atoms with Crippen molar-refractivity contribution < 1.29 is 13.2 Å². The molecule has 1 saturated heterocycles. The monoisotopic (exact) mass is 504 g/mol. The van der Waals surface area contributed by atoms with Gasteiger partial charge in [0, 0.05) is 43.1 Å². The summed E-state index contributed by atoms with van der Waals surface area (Å²) in [5, 5.41) is 5.52. The van der Waals surface area contributed by atoms with Gasteiger partial charge in [-0.1, -0.05) is 48.5 Å². The normalized spacial score (nSPS) is 17.1. The van der Waals surface area contributed by atoms with Gasteiger partial charge in [0.05, 0.1) is 4.90 Å². The Bertz CT molecular complexity index is 1260. The molecule has 188 valence electrons. The Hall–Kier alpha value is -3.20. The minimum absolute atomic E-state index is 0.0176. The molecule has 1 heterocycles. The zero-order valence-electron chi connectivity index (χ0n) is 20.2. The van der Waals surface area contributed by atoms with Crippen LogP contribution in [0.1, 0.15) is 31.2 Å². The van der Waals surface area contributed by atoms with Gasteiger partial charge in [-0.15, -0.1) is 0 Å². The zero-order valence-corrected chi connectivity index (χ0v) is 21.0. The number of carbonyl (C=O) groups excluding carboxylic acids is 1. The molecule has 5 rings (SSSR count). The minimum Gasteiger partial charge on any atom is -0.308 e. The molecule has 3 aromatic rings. The van der Waals surface area contributed by atoms with Gasteiger partial charge in [0.2, 0.25) is 10.0 Å². The number of urea groups is 1. The molecular formula is C28H32N4O3S. The number of anilines is 2. The van der Waals surface area contributed by atoms with Crippen LogP contribution < -0.4 is 10.6 Å². The number of piperidine rings is 1. The van der Waals surface area contributed by atoms with Gasteiger partial charge in [0.1, 0.15) is 0 Å². The van der Waals surface area contributed by atoms with Crippen molar-refractivity contribution in [2.75, 3.05) is 23.7 Å². The molecule has 0 unspecified atom stereocenters. The Morgan fingerprint density at radius 3 is 1.86 bits per heavy atom. The van der Waals surface area contributed by atoms with Crippen molar-refractivity contribution in [1.29, 1.82) is 0 Å². The maximum Gasteiger partial charge on any atom is 0.323 e. The number of carbonyl (C=O) groups is 1. The van der Waals surface area contributed by atoms with Crippen molar-refractivity contribution in [3.8, 4) is 0 Å². The Labute approximate surface area is 213 Å². The van der Waals surface area contributed by atoms with Gasteiger partial charge in [-0.3, -0.25) is 4.90 Å². The smallest absolute Gasteiger partial charge is 0.308 e. The average Bonchev–Trinajstić information content (AvgIpc) is 3.72. The fourth-order valence-corrected chi connectivity index (χ4v) is 6.77. The highest BCUT2D eigenvalue weighted by atomic mass is 32.2. The number of nitrogens with one attached hydrogen (secondary N) is 2. The first-order valence-electron chi connectivity index (χ1n) is 12.5.